The third-order valence-corrected chi connectivity index (χ3v) is 2.42. The first kappa shape index (κ1) is 9.52. The minimum atomic E-state index is 0.175. The Kier molecular flexibility index (Phi) is 3.53. The van der Waals surface area contributed by atoms with Gasteiger partial charge in [0.25, 0.3) is 0 Å². The summed E-state index contributed by atoms with van der Waals surface area (Å²) < 4.78 is 5.12. The SMILES string of the molecule is COC(C)CC1CCCNC1=O. The van der Waals surface area contributed by atoms with E-state index < -0.39 is 0 Å². The van der Waals surface area contributed by atoms with Gasteiger partial charge in [-0.25, -0.2) is 0 Å². The minimum Gasteiger partial charge on any atom is -0.382 e. The van der Waals surface area contributed by atoms with Crippen LogP contribution in [0.25, 0.3) is 0 Å². The van der Waals surface area contributed by atoms with Crippen molar-refractivity contribution in [2.45, 2.75) is 32.3 Å². The number of amides is 1. The predicted molar refractivity (Wildman–Crippen MR) is 46.8 cm³/mol. The number of carbonyl (C=O) groups excluding carboxylic acids is 1. The van der Waals surface area contributed by atoms with Gasteiger partial charge in [0, 0.05) is 19.6 Å². The van der Waals surface area contributed by atoms with Gasteiger partial charge in [-0.05, 0) is 26.2 Å². The molecular weight excluding hydrogens is 154 g/mol. The molecule has 0 aromatic rings. The van der Waals surface area contributed by atoms with E-state index in [2.05, 4.69) is 5.32 Å². The molecule has 0 aromatic carbocycles. The van der Waals surface area contributed by atoms with Crippen LogP contribution in [0, 0.1) is 5.92 Å². The average molecular weight is 171 g/mol. The Hall–Kier alpha value is -0.570. The molecule has 0 spiro atoms. The van der Waals surface area contributed by atoms with Gasteiger partial charge in [-0.3, -0.25) is 4.79 Å². The highest BCUT2D eigenvalue weighted by molar-refractivity contribution is 5.79. The van der Waals surface area contributed by atoms with Crippen LogP contribution in [0.3, 0.4) is 0 Å². The molecule has 2 unspecified atom stereocenters. The molecule has 2 atom stereocenters. The van der Waals surface area contributed by atoms with Gasteiger partial charge in [0.2, 0.25) is 5.91 Å². The van der Waals surface area contributed by atoms with E-state index in [1.54, 1.807) is 7.11 Å². The largest absolute Gasteiger partial charge is 0.382 e. The molecule has 1 amide bonds. The monoisotopic (exact) mass is 171 g/mol. The standard InChI is InChI=1S/C9H17NO2/c1-7(12-2)6-8-4-3-5-10-9(8)11/h7-8H,3-6H2,1-2H3,(H,10,11). The van der Waals surface area contributed by atoms with Crippen LogP contribution in [-0.4, -0.2) is 25.7 Å². The molecule has 1 heterocycles. The summed E-state index contributed by atoms with van der Waals surface area (Å²) in [5, 5.41) is 2.87. The van der Waals surface area contributed by atoms with Gasteiger partial charge >= 0.3 is 0 Å². The Bertz CT molecular complexity index is 159. The highest BCUT2D eigenvalue weighted by atomic mass is 16.5. The molecular formula is C9H17NO2. The van der Waals surface area contributed by atoms with Gasteiger partial charge in [0.1, 0.15) is 0 Å². The Morgan fingerprint density at radius 3 is 3.08 bits per heavy atom. The molecule has 1 N–H and O–H groups in total. The maximum Gasteiger partial charge on any atom is 0.223 e. The lowest BCUT2D eigenvalue weighted by molar-refractivity contribution is -0.127. The third-order valence-electron chi connectivity index (χ3n) is 2.42. The second-order valence-corrected chi connectivity index (χ2v) is 3.41. The molecule has 3 nitrogen and oxygen atoms in total. The number of hydrogen-bond donors (Lipinski definition) is 1. The second-order valence-electron chi connectivity index (χ2n) is 3.41. The van der Waals surface area contributed by atoms with Crippen LogP contribution in [0.15, 0.2) is 0 Å². The lowest BCUT2D eigenvalue weighted by Gasteiger charge is -2.23. The van der Waals surface area contributed by atoms with Crippen LogP contribution < -0.4 is 5.32 Å². The van der Waals surface area contributed by atoms with Crippen LogP contribution in [0.2, 0.25) is 0 Å². The van der Waals surface area contributed by atoms with Gasteiger partial charge in [-0.15, -0.1) is 0 Å². The maximum absolute atomic E-state index is 11.3. The first-order valence-corrected chi connectivity index (χ1v) is 4.54. The minimum absolute atomic E-state index is 0.175. The highest BCUT2D eigenvalue weighted by Gasteiger charge is 2.23. The van der Waals surface area contributed by atoms with Crippen molar-refractivity contribution in [1.29, 1.82) is 0 Å². The van der Waals surface area contributed by atoms with Crippen LogP contribution >= 0.6 is 0 Å². The lowest BCUT2D eigenvalue weighted by atomic mass is 9.93. The number of rotatable bonds is 3. The summed E-state index contributed by atoms with van der Waals surface area (Å²) in [5.74, 6) is 0.374. The number of piperidine rings is 1. The van der Waals surface area contributed by atoms with Crippen LogP contribution in [0.5, 0.6) is 0 Å². The zero-order valence-electron chi connectivity index (χ0n) is 7.80. The van der Waals surface area contributed by atoms with Gasteiger partial charge in [0.15, 0.2) is 0 Å². The van der Waals surface area contributed by atoms with Crippen molar-refractivity contribution in [3.8, 4) is 0 Å². The van der Waals surface area contributed by atoms with Crippen molar-refractivity contribution in [2.24, 2.45) is 5.92 Å². The fraction of sp³-hybridized carbons (Fsp3) is 0.889. The van der Waals surface area contributed by atoms with Crippen LogP contribution in [0.1, 0.15) is 26.2 Å². The Morgan fingerprint density at radius 1 is 1.75 bits per heavy atom. The van der Waals surface area contributed by atoms with Crippen molar-refractivity contribution < 1.29 is 9.53 Å². The summed E-state index contributed by atoms with van der Waals surface area (Å²) in [7, 11) is 1.69. The predicted octanol–water partition coefficient (Wildman–Crippen LogP) is 0.938. The number of hydrogen-bond acceptors (Lipinski definition) is 2. The van der Waals surface area contributed by atoms with Crippen molar-refractivity contribution in [3.63, 3.8) is 0 Å². The number of methoxy groups -OCH3 is 1. The van der Waals surface area contributed by atoms with Crippen LogP contribution in [0.4, 0.5) is 0 Å². The van der Waals surface area contributed by atoms with E-state index in [0.29, 0.717) is 0 Å². The maximum atomic E-state index is 11.3. The molecule has 0 aromatic heterocycles. The smallest absolute Gasteiger partial charge is 0.223 e. The molecule has 0 saturated carbocycles. The molecule has 70 valence electrons. The molecule has 1 fully saturated rings. The highest BCUT2D eigenvalue weighted by Crippen LogP contribution is 2.17. The lowest BCUT2D eigenvalue weighted by Crippen LogP contribution is -2.37. The molecule has 1 aliphatic rings. The summed E-state index contributed by atoms with van der Waals surface area (Å²) in [4.78, 5) is 11.3. The summed E-state index contributed by atoms with van der Waals surface area (Å²) in [6, 6.07) is 0. The van der Waals surface area contributed by atoms with Gasteiger partial charge < -0.3 is 10.1 Å². The summed E-state index contributed by atoms with van der Waals surface area (Å²) >= 11 is 0. The summed E-state index contributed by atoms with van der Waals surface area (Å²) in [5.41, 5.74) is 0. The van der Waals surface area contributed by atoms with E-state index in [1.807, 2.05) is 6.92 Å². The normalized spacial score (nSPS) is 26.5. The van der Waals surface area contributed by atoms with Crippen LogP contribution in [-0.2, 0) is 9.53 Å². The molecule has 1 aliphatic heterocycles. The second kappa shape index (κ2) is 4.45. The fourth-order valence-corrected chi connectivity index (χ4v) is 1.56. The third kappa shape index (κ3) is 2.48. The quantitative estimate of drug-likeness (QED) is 0.686. The molecule has 0 radical (unpaired) electrons. The van der Waals surface area contributed by atoms with E-state index in [4.69, 9.17) is 4.74 Å². The Morgan fingerprint density at radius 2 is 2.50 bits per heavy atom. The molecule has 0 bridgehead atoms. The summed E-state index contributed by atoms with van der Waals surface area (Å²) in [6.07, 6.45) is 3.16. The van der Waals surface area contributed by atoms with Crippen molar-refractivity contribution in [2.75, 3.05) is 13.7 Å². The Balaban J connectivity index is 2.34. The van der Waals surface area contributed by atoms with E-state index in [0.717, 1.165) is 25.8 Å². The van der Waals surface area contributed by atoms with Crippen molar-refractivity contribution >= 4 is 5.91 Å². The number of carbonyl (C=O) groups is 1. The first-order valence-electron chi connectivity index (χ1n) is 4.54. The fourth-order valence-electron chi connectivity index (χ4n) is 1.56. The molecule has 0 aliphatic carbocycles. The van der Waals surface area contributed by atoms with E-state index >= 15 is 0 Å². The zero-order chi connectivity index (χ0) is 8.97. The molecule has 1 saturated heterocycles. The number of nitrogens with one attached hydrogen (secondary N) is 1. The Labute approximate surface area is 73.5 Å². The first-order chi connectivity index (χ1) is 5.74. The molecule has 12 heavy (non-hydrogen) atoms. The molecule has 3 heteroatoms. The zero-order valence-corrected chi connectivity index (χ0v) is 7.80. The topological polar surface area (TPSA) is 38.3 Å². The van der Waals surface area contributed by atoms with E-state index in [9.17, 15) is 4.79 Å². The summed E-state index contributed by atoms with van der Waals surface area (Å²) in [6.45, 7) is 2.85. The van der Waals surface area contributed by atoms with E-state index in [-0.39, 0.29) is 17.9 Å². The van der Waals surface area contributed by atoms with Gasteiger partial charge in [0.05, 0.1) is 6.10 Å². The van der Waals surface area contributed by atoms with Crippen molar-refractivity contribution in [1.82, 2.24) is 5.32 Å². The average Bonchev–Trinajstić information content (AvgIpc) is 2.09. The van der Waals surface area contributed by atoms with E-state index in [1.165, 1.54) is 0 Å². The number of ether oxygens (including phenoxy) is 1. The van der Waals surface area contributed by atoms with Gasteiger partial charge in [-0.2, -0.15) is 0 Å². The van der Waals surface area contributed by atoms with Crippen molar-refractivity contribution in [3.05, 3.63) is 0 Å². The molecule has 1 rings (SSSR count). The van der Waals surface area contributed by atoms with Gasteiger partial charge in [-0.1, -0.05) is 0 Å².